The topological polar surface area (TPSA) is 0 Å². The molecule has 0 saturated heterocycles. The Morgan fingerprint density at radius 3 is 2.21 bits per heavy atom. The van der Waals surface area contributed by atoms with Crippen LogP contribution >= 0.6 is 31.9 Å². The van der Waals surface area contributed by atoms with Crippen molar-refractivity contribution in [1.29, 1.82) is 0 Å². The van der Waals surface area contributed by atoms with E-state index in [1.165, 1.54) is 6.07 Å². The van der Waals surface area contributed by atoms with Crippen molar-refractivity contribution in [3.8, 4) is 0 Å². The molecule has 0 heterocycles. The van der Waals surface area contributed by atoms with Gasteiger partial charge in [0.25, 0.3) is 0 Å². The summed E-state index contributed by atoms with van der Waals surface area (Å²) in [6, 6.07) is 8.44. The second-order valence-electron chi connectivity index (χ2n) is 4.47. The van der Waals surface area contributed by atoms with E-state index in [0.29, 0.717) is 15.6 Å². The number of aryl methyl sites for hydroxylation is 2. The molecule has 0 radical (unpaired) electrons. The fourth-order valence-electron chi connectivity index (χ4n) is 2.02. The molecule has 2 rings (SSSR count). The van der Waals surface area contributed by atoms with Gasteiger partial charge in [-0.15, -0.1) is 0 Å². The van der Waals surface area contributed by atoms with Crippen LogP contribution in [0.2, 0.25) is 0 Å². The molecular formula is C15H12Br2F2. The second kappa shape index (κ2) is 5.71. The Morgan fingerprint density at radius 1 is 1.05 bits per heavy atom. The van der Waals surface area contributed by atoms with E-state index in [4.69, 9.17) is 0 Å². The van der Waals surface area contributed by atoms with Gasteiger partial charge in [-0.25, -0.2) is 8.78 Å². The lowest BCUT2D eigenvalue weighted by Crippen LogP contribution is -1.99. The van der Waals surface area contributed by atoms with E-state index < -0.39 is 0 Å². The summed E-state index contributed by atoms with van der Waals surface area (Å²) < 4.78 is 27.6. The average molecular weight is 390 g/mol. The largest absolute Gasteiger partial charge is 0.206 e. The van der Waals surface area contributed by atoms with Gasteiger partial charge in [-0.1, -0.05) is 40.2 Å². The fraction of sp³-hybridized carbons (Fsp3) is 0.200. The van der Waals surface area contributed by atoms with Crippen molar-refractivity contribution in [2.45, 2.75) is 18.7 Å². The number of hydrogen-bond donors (Lipinski definition) is 0. The van der Waals surface area contributed by atoms with Crippen molar-refractivity contribution < 1.29 is 8.78 Å². The van der Waals surface area contributed by atoms with Gasteiger partial charge in [-0.3, -0.25) is 0 Å². The smallest absolute Gasteiger partial charge is 0.137 e. The van der Waals surface area contributed by atoms with E-state index in [-0.39, 0.29) is 16.5 Å². The summed E-state index contributed by atoms with van der Waals surface area (Å²) in [6.45, 7) is 3.46. The molecule has 0 spiro atoms. The van der Waals surface area contributed by atoms with Crippen LogP contribution in [0, 0.1) is 25.5 Å². The van der Waals surface area contributed by atoms with Crippen molar-refractivity contribution in [3.05, 3.63) is 68.7 Å². The van der Waals surface area contributed by atoms with Gasteiger partial charge >= 0.3 is 0 Å². The summed E-state index contributed by atoms with van der Waals surface area (Å²) in [5, 5.41) is 0. The molecule has 0 aliphatic rings. The standard InChI is InChI=1S/C15H12Br2F2/c1-8-6-10(7-9(2)15(8)19)13(16)11-4-3-5-12(18)14(11)17/h3-7,13H,1-2H3. The normalized spacial score (nSPS) is 12.5. The van der Waals surface area contributed by atoms with Gasteiger partial charge < -0.3 is 0 Å². The van der Waals surface area contributed by atoms with Crippen molar-refractivity contribution >= 4 is 31.9 Å². The highest BCUT2D eigenvalue weighted by atomic mass is 79.9. The summed E-state index contributed by atoms with van der Waals surface area (Å²) >= 11 is 6.80. The quantitative estimate of drug-likeness (QED) is 0.567. The Balaban J connectivity index is 2.50. The maximum Gasteiger partial charge on any atom is 0.137 e. The summed E-state index contributed by atoms with van der Waals surface area (Å²) in [5.74, 6) is -0.501. The molecule has 0 aliphatic heterocycles. The highest BCUT2D eigenvalue weighted by molar-refractivity contribution is 9.11. The molecule has 0 fully saturated rings. The van der Waals surface area contributed by atoms with Gasteiger partial charge in [0.1, 0.15) is 11.6 Å². The maximum absolute atomic E-state index is 13.6. The van der Waals surface area contributed by atoms with E-state index >= 15 is 0 Å². The van der Waals surface area contributed by atoms with Crippen LogP contribution in [-0.2, 0) is 0 Å². The third kappa shape index (κ3) is 2.90. The lowest BCUT2D eigenvalue weighted by molar-refractivity contribution is 0.608. The molecule has 19 heavy (non-hydrogen) atoms. The van der Waals surface area contributed by atoms with Crippen LogP contribution in [0.3, 0.4) is 0 Å². The maximum atomic E-state index is 13.6. The number of alkyl halides is 1. The van der Waals surface area contributed by atoms with Crippen molar-refractivity contribution in [2.75, 3.05) is 0 Å². The van der Waals surface area contributed by atoms with Crippen LogP contribution in [-0.4, -0.2) is 0 Å². The highest BCUT2D eigenvalue weighted by Gasteiger charge is 2.17. The lowest BCUT2D eigenvalue weighted by Gasteiger charge is -2.15. The summed E-state index contributed by atoms with van der Waals surface area (Å²) in [5.41, 5.74) is 2.87. The minimum absolute atomic E-state index is 0.185. The van der Waals surface area contributed by atoms with E-state index in [9.17, 15) is 8.78 Å². The van der Waals surface area contributed by atoms with Crippen LogP contribution < -0.4 is 0 Å². The molecule has 4 heteroatoms. The molecule has 0 saturated carbocycles. The van der Waals surface area contributed by atoms with Gasteiger partial charge in [-0.05, 0) is 58.1 Å². The molecule has 2 aromatic carbocycles. The molecule has 0 aliphatic carbocycles. The molecular weight excluding hydrogens is 378 g/mol. The average Bonchev–Trinajstić information content (AvgIpc) is 2.38. The van der Waals surface area contributed by atoms with Crippen LogP contribution in [0.4, 0.5) is 8.78 Å². The predicted octanol–water partition coefficient (Wildman–Crippen LogP) is 5.83. The monoisotopic (exact) mass is 388 g/mol. The lowest BCUT2D eigenvalue weighted by atomic mass is 10.00. The third-order valence-electron chi connectivity index (χ3n) is 3.01. The first-order valence-electron chi connectivity index (χ1n) is 5.76. The molecule has 0 amide bonds. The molecule has 0 bridgehead atoms. The molecule has 0 N–H and O–H groups in total. The van der Waals surface area contributed by atoms with Crippen molar-refractivity contribution in [2.24, 2.45) is 0 Å². The molecule has 1 unspecified atom stereocenters. The van der Waals surface area contributed by atoms with E-state index in [1.807, 2.05) is 6.07 Å². The van der Waals surface area contributed by atoms with Gasteiger partial charge in [0, 0.05) is 0 Å². The molecule has 1 atom stereocenters. The minimum atomic E-state index is -0.308. The van der Waals surface area contributed by atoms with Crippen LogP contribution in [0.15, 0.2) is 34.8 Å². The Labute approximate surface area is 128 Å². The van der Waals surface area contributed by atoms with Crippen LogP contribution in [0.5, 0.6) is 0 Å². The zero-order chi connectivity index (χ0) is 14.2. The van der Waals surface area contributed by atoms with Crippen LogP contribution in [0.25, 0.3) is 0 Å². The molecule has 0 nitrogen and oxygen atoms in total. The van der Waals surface area contributed by atoms with Crippen LogP contribution in [0.1, 0.15) is 27.1 Å². The van der Waals surface area contributed by atoms with Gasteiger partial charge in [-0.2, -0.15) is 0 Å². The number of benzene rings is 2. The first-order chi connectivity index (χ1) is 8.91. The van der Waals surface area contributed by atoms with Gasteiger partial charge in [0.05, 0.1) is 9.30 Å². The highest BCUT2D eigenvalue weighted by Crippen LogP contribution is 2.37. The van der Waals surface area contributed by atoms with E-state index in [0.717, 1.165) is 11.1 Å². The zero-order valence-corrected chi connectivity index (χ0v) is 13.6. The van der Waals surface area contributed by atoms with E-state index in [1.54, 1.807) is 32.0 Å². The van der Waals surface area contributed by atoms with Gasteiger partial charge in [0.15, 0.2) is 0 Å². The third-order valence-corrected chi connectivity index (χ3v) is 4.86. The minimum Gasteiger partial charge on any atom is -0.206 e. The van der Waals surface area contributed by atoms with E-state index in [2.05, 4.69) is 31.9 Å². The summed E-state index contributed by atoms with van der Waals surface area (Å²) in [6.07, 6.45) is 0. The van der Waals surface area contributed by atoms with Crippen molar-refractivity contribution in [3.63, 3.8) is 0 Å². The SMILES string of the molecule is Cc1cc(C(Br)c2cccc(F)c2Br)cc(C)c1F. The first-order valence-corrected chi connectivity index (χ1v) is 7.47. The number of halogens is 4. The predicted molar refractivity (Wildman–Crippen MR) is 80.7 cm³/mol. The number of rotatable bonds is 2. The summed E-state index contributed by atoms with van der Waals surface area (Å²) in [7, 11) is 0. The number of hydrogen-bond acceptors (Lipinski definition) is 0. The second-order valence-corrected chi connectivity index (χ2v) is 6.18. The molecule has 2 aromatic rings. The van der Waals surface area contributed by atoms with Crippen molar-refractivity contribution in [1.82, 2.24) is 0 Å². The zero-order valence-electron chi connectivity index (χ0n) is 10.5. The Bertz CT molecular complexity index is 601. The summed E-state index contributed by atoms with van der Waals surface area (Å²) in [4.78, 5) is -0.185. The first kappa shape index (κ1) is 14.7. The fourth-order valence-corrected chi connectivity index (χ4v) is 3.47. The van der Waals surface area contributed by atoms with Gasteiger partial charge in [0.2, 0.25) is 0 Å². The Hall–Kier alpha value is -0.740. The molecule has 100 valence electrons. The Morgan fingerprint density at radius 2 is 1.63 bits per heavy atom. The molecule has 0 aromatic heterocycles. The Kier molecular flexibility index (Phi) is 4.41.